The number of hydrogen-bond acceptors (Lipinski definition) is 1. The molecule has 1 amide bonds. The largest absolute Gasteiger partial charge is 0.320 e. The first-order valence-corrected chi connectivity index (χ1v) is 9.68. The van der Waals surface area contributed by atoms with Crippen molar-refractivity contribution in [3.8, 4) is 0 Å². The van der Waals surface area contributed by atoms with Crippen molar-refractivity contribution in [3.05, 3.63) is 29.1 Å². The molecule has 25 heavy (non-hydrogen) atoms. The fourth-order valence-electron chi connectivity index (χ4n) is 4.20. The van der Waals surface area contributed by atoms with Crippen molar-refractivity contribution >= 4 is 11.6 Å². The zero-order valence-corrected chi connectivity index (χ0v) is 16.5. The highest BCUT2D eigenvalue weighted by atomic mass is 19.1. The number of hydrogen-bond donors (Lipinski definition) is 1. The predicted octanol–water partition coefficient (Wildman–Crippen LogP) is 4.82. The van der Waals surface area contributed by atoms with Crippen molar-refractivity contribution in [1.82, 2.24) is 0 Å². The second-order valence-electron chi connectivity index (χ2n) is 8.17. The molecule has 2 rings (SSSR count). The number of anilines is 1. The second kappa shape index (κ2) is 8.31. The Morgan fingerprint density at radius 1 is 1.28 bits per heavy atom. The maximum absolute atomic E-state index is 13.5. The van der Waals surface area contributed by atoms with Crippen LogP contribution in [0, 0.1) is 25.6 Å². The quantitative estimate of drug-likeness (QED) is 0.759. The van der Waals surface area contributed by atoms with Crippen LogP contribution in [0.5, 0.6) is 0 Å². The number of carbonyl (C=O) groups excluding carboxylic acids is 1. The van der Waals surface area contributed by atoms with Crippen LogP contribution in [0.25, 0.3) is 0 Å². The summed E-state index contributed by atoms with van der Waals surface area (Å²) >= 11 is 0. The van der Waals surface area contributed by atoms with Gasteiger partial charge in [0.05, 0.1) is 20.1 Å². The van der Waals surface area contributed by atoms with E-state index in [0.717, 1.165) is 53.1 Å². The van der Waals surface area contributed by atoms with Crippen molar-refractivity contribution in [3.63, 3.8) is 0 Å². The van der Waals surface area contributed by atoms with E-state index in [9.17, 15) is 9.18 Å². The van der Waals surface area contributed by atoms with Gasteiger partial charge in [0.1, 0.15) is 5.82 Å². The van der Waals surface area contributed by atoms with Gasteiger partial charge in [-0.3, -0.25) is 4.79 Å². The number of quaternary nitrogens is 1. The van der Waals surface area contributed by atoms with Crippen molar-refractivity contribution in [1.29, 1.82) is 0 Å². The molecule has 1 saturated heterocycles. The second-order valence-corrected chi connectivity index (χ2v) is 8.17. The summed E-state index contributed by atoms with van der Waals surface area (Å²) in [6, 6.07) is 2.93. The summed E-state index contributed by atoms with van der Waals surface area (Å²) in [5.74, 6) is 0.571. The molecule has 3 nitrogen and oxygen atoms in total. The summed E-state index contributed by atoms with van der Waals surface area (Å²) in [5, 5.41) is 3.12. The van der Waals surface area contributed by atoms with E-state index >= 15 is 0 Å². The maximum Gasteiger partial charge on any atom is 0.282 e. The Morgan fingerprint density at radius 3 is 2.52 bits per heavy atom. The Hall–Kier alpha value is -1.42. The van der Waals surface area contributed by atoms with E-state index in [2.05, 4.69) is 26.2 Å². The SMILES string of the molecule is CCCC(C(=O)Nc1c(C)cc(F)cc1C)[N+]1(C)CCCC(C)CC1. The van der Waals surface area contributed by atoms with E-state index in [0.29, 0.717) is 0 Å². The first-order chi connectivity index (χ1) is 11.8. The standard InChI is InChI=1S/C21H33FN2O/c1-6-8-19(24(5)11-7-9-15(2)10-12-24)21(25)23-20-16(3)13-18(22)14-17(20)4/h13-15,19H,6-12H2,1-5H3/p+1. The van der Waals surface area contributed by atoms with E-state index in [1.807, 2.05) is 13.8 Å². The molecule has 1 heterocycles. The van der Waals surface area contributed by atoms with Crippen LogP contribution in [0.1, 0.15) is 57.1 Å². The van der Waals surface area contributed by atoms with E-state index in [4.69, 9.17) is 0 Å². The molecule has 1 fully saturated rings. The van der Waals surface area contributed by atoms with E-state index in [1.54, 1.807) is 0 Å². The number of carbonyl (C=O) groups is 1. The molecule has 1 aliphatic rings. The zero-order chi connectivity index (χ0) is 18.6. The van der Waals surface area contributed by atoms with Gasteiger partial charge in [-0.25, -0.2) is 4.39 Å². The average molecular weight is 350 g/mol. The number of nitrogens with one attached hydrogen (secondary N) is 1. The van der Waals surface area contributed by atoms with Crippen LogP contribution in [0.2, 0.25) is 0 Å². The lowest BCUT2D eigenvalue weighted by atomic mass is 10.0. The van der Waals surface area contributed by atoms with Crippen LogP contribution in [-0.4, -0.2) is 36.6 Å². The fraction of sp³-hybridized carbons (Fsp3) is 0.667. The molecular formula is C21H34FN2O+. The summed E-state index contributed by atoms with van der Waals surface area (Å²) in [7, 11) is 2.24. The molecule has 4 heteroatoms. The van der Waals surface area contributed by atoms with Crippen LogP contribution >= 0.6 is 0 Å². The maximum atomic E-state index is 13.5. The first kappa shape index (κ1) is 19.9. The molecule has 0 bridgehead atoms. The normalized spacial score (nSPS) is 25.3. The summed E-state index contributed by atoms with van der Waals surface area (Å²) < 4.78 is 14.4. The Balaban J connectivity index is 2.23. The number of nitrogens with zero attached hydrogens (tertiary/aromatic N) is 1. The predicted molar refractivity (Wildman–Crippen MR) is 102 cm³/mol. The van der Waals surface area contributed by atoms with Crippen LogP contribution in [0.15, 0.2) is 12.1 Å². The van der Waals surface area contributed by atoms with Gasteiger partial charge in [-0.1, -0.05) is 13.8 Å². The minimum Gasteiger partial charge on any atom is -0.320 e. The monoisotopic (exact) mass is 349 g/mol. The van der Waals surface area contributed by atoms with E-state index < -0.39 is 0 Å². The lowest BCUT2D eigenvalue weighted by Gasteiger charge is -2.40. The molecule has 140 valence electrons. The van der Waals surface area contributed by atoms with Gasteiger partial charge in [0, 0.05) is 12.1 Å². The Labute approximate surface area is 152 Å². The smallest absolute Gasteiger partial charge is 0.282 e. The van der Waals surface area contributed by atoms with Crippen molar-refractivity contribution in [2.45, 2.75) is 65.8 Å². The molecular weight excluding hydrogens is 315 g/mol. The third-order valence-electron chi connectivity index (χ3n) is 5.86. The lowest BCUT2D eigenvalue weighted by Crippen LogP contribution is -2.57. The molecule has 0 spiro atoms. The highest BCUT2D eigenvalue weighted by Gasteiger charge is 2.39. The Morgan fingerprint density at radius 2 is 1.92 bits per heavy atom. The Bertz CT molecular complexity index is 593. The van der Waals surface area contributed by atoms with Gasteiger partial charge in [0.25, 0.3) is 5.91 Å². The number of likely N-dealkylation sites (N-methyl/N-ethyl adjacent to an activating group) is 1. The van der Waals surface area contributed by atoms with Crippen LogP contribution in [-0.2, 0) is 4.79 Å². The van der Waals surface area contributed by atoms with E-state index in [-0.39, 0.29) is 17.8 Å². The van der Waals surface area contributed by atoms with Crippen LogP contribution < -0.4 is 5.32 Å². The van der Waals surface area contributed by atoms with Crippen molar-refractivity contribution in [2.75, 3.05) is 25.5 Å². The minimum atomic E-state index is -0.251. The molecule has 0 radical (unpaired) electrons. The van der Waals surface area contributed by atoms with Crippen molar-refractivity contribution < 1.29 is 13.7 Å². The summed E-state index contributed by atoms with van der Waals surface area (Å²) in [6.07, 6.45) is 5.49. The molecule has 3 atom stereocenters. The fourth-order valence-corrected chi connectivity index (χ4v) is 4.20. The topological polar surface area (TPSA) is 29.1 Å². The number of aryl methyl sites for hydroxylation is 2. The van der Waals surface area contributed by atoms with Gasteiger partial charge < -0.3 is 9.80 Å². The van der Waals surface area contributed by atoms with Gasteiger partial charge >= 0.3 is 0 Å². The third kappa shape index (κ3) is 4.81. The summed E-state index contributed by atoms with van der Waals surface area (Å²) in [5.41, 5.74) is 2.34. The van der Waals surface area contributed by atoms with Gasteiger partial charge in [0.2, 0.25) is 0 Å². The number of likely N-dealkylation sites (tertiary alicyclic amines) is 1. The number of amides is 1. The average Bonchev–Trinajstić information content (AvgIpc) is 2.70. The van der Waals surface area contributed by atoms with Gasteiger partial charge in [-0.05, 0) is 68.7 Å². The number of halogens is 1. The number of rotatable bonds is 5. The molecule has 0 aliphatic carbocycles. The number of benzene rings is 1. The molecule has 3 unspecified atom stereocenters. The molecule has 1 N–H and O–H groups in total. The summed E-state index contributed by atoms with van der Waals surface area (Å²) in [4.78, 5) is 13.2. The van der Waals surface area contributed by atoms with Gasteiger partial charge in [0.15, 0.2) is 6.04 Å². The molecule has 1 aliphatic heterocycles. The lowest BCUT2D eigenvalue weighted by molar-refractivity contribution is -0.924. The molecule has 0 saturated carbocycles. The zero-order valence-electron chi connectivity index (χ0n) is 16.5. The van der Waals surface area contributed by atoms with Gasteiger partial charge in [-0.2, -0.15) is 0 Å². The van der Waals surface area contributed by atoms with Crippen molar-refractivity contribution in [2.24, 2.45) is 5.92 Å². The van der Waals surface area contributed by atoms with Crippen LogP contribution in [0.3, 0.4) is 0 Å². The van der Waals surface area contributed by atoms with Crippen LogP contribution in [0.4, 0.5) is 10.1 Å². The molecule has 0 aromatic heterocycles. The molecule has 1 aromatic rings. The summed E-state index contributed by atoms with van der Waals surface area (Å²) in [6.45, 7) is 10.3. The first-order valence-electron chi connectivity index (χ1n) is 9.68. The molecule has 1 aromatic carbocycles. The Kier molecular flexibility index (Phi) is 6.61. The third-order valence-corrected chi connectivity index (χ3v) is 5.86. The van der Waals surface area contributed by atoms with Gasteiger partial charge in [-0.15, -0.1) is 0 Å². The van der Waals surface area contributed by atoms with E-state index in [1.165, 1.54) is 31.4 Å². The highest BCUT2D eigenvalue weighted by molar-refractivity contribution is 5.95. The highest BCUT2D eigenvalue weighted by Crippen LogP contribution is 2.28. The minimum absolute atomic E-state index is 0.0425.